The first kappa shape index (κ1) is 13.6. The largest absolute Gasteiger partial charge is 0.478 e. The van der Waals surface area contributed by atoms with Crippen LogP contribution in [0.1, 0.15) is 11.4 Å². The number of carboxylic acid groups (broad SMARTS) is 1. The summed E-state index contributed by atoms with van der Waals surface area (Å²) >= 11 is 1.31. The van der Waals surface area contributed by atoms with Gasteiger partial charge in [-0.2, -0.15) is 0 Å². The number of carbonyl (C=O) groups is 2. The van der Waals surface area contributed by atoms with Crippen molar-refractivity contribution < 1.29 is 14.7 Å². The summed E-state index contributed by atoms with van der Waals surface area (Å²) in [5.74, 6) is -1.13. The molecule has 0 spiro atoms. The highest BCUT2D eigenvalue weighted by atomic mass is 32.1. The number of nitrogens with one attached hydrogen (secondary N) is 1. The highest BCUT2D eigenvalue weighted by molar-refractivity contribution is 7.15. The summed E-state index contributed by atoms with van der Waals surface area (Å²) in [7, 11) is 0. The Hall–Kier alpha value is -1.80. The number of amides is 1. The van der Waals surface area contributed by atoms with Crippen LogP contribution in [-0.4, -0.2) is 51.7 Å². The van der Waals surface area contributed by atoms with Crippen LogP contribution in [0.3, 0.4) is 0 Å². The maximum atomic E-state index is 11.8. The van der Waals surface area contributed by atoms with Crippen LogP contribution in [0.2, 0.25) is 0 Å². The molecule has 0 fully saturated rings. The molecule has 0 saturated carbocycles. The number of rotatable bonds is 4. The van der Waals surface area contributed by atoms with Crippen LogP contribution in [0.25, 0.3) is 0 Å². The van der Waals surface area contributed by atoms with Gasteiger partial charge in [0.15, 0.2) is 0 Å². The molecule has 1 aromatic heterocycles. The molecule has 0 aliphatic carbocycles. The van der Waals surface area contributed by atoms with Crippen molar-refractivity contribution in [1.29, 1.82) is 0 Å². The zero-order valence-corrected chi connectivity index (χ0v) is 11.2. The normalized spacial score (nSPS) is 15.9. The van der Waals surface area contributed by atoms with Gasteiger partial charge < -0.3 is 5.11 Å². The molecule has 2 heterocycles. The number of aryl methyl sites for hydroxylation is 1. The van der Waals surface area contributed by atoms with Crippen LogP contribution in [0.5, 0.6) is 0 Å². The lowest BCUT2D eigenvalue weighted by molar-refractivity contribution is -0.133. The number of carboxylic acids is 1. The van der Waals surface area contributed by atoms with E-state index in [4.69, 9.17) is 5.11 Å². The van der Waals surface area contributed by atoms with Crippen LogP contribution < -0.4 is 5.32 Å². The van der Waals surface area contributed by atoms with E-state index in [2.05, 4.69) is 15.5 Å². The van der Waals surface area contributed by atoms with Gasteiger partial charge >= 0.3 is 5.97 Å². The van der Waals surface area contributed by atoms with Crippen molar-refractivity contribution in [3.8, 4) is 0 Å². The number of aromatic nitrogens is 2. The Morgan fingerprint density at radius 1 is 1.53 bits per heavy atom. The van der Waals surface area contributed by atoms with Crippen LogP contribution in [0.4, 0.5) is 5.13 Å². The summed E-state index contributed by atoms with van der Waals surface area (Å²) in [6.07, 6.45) is 2.34. The molecule has 1 aromatic rings. The third-order valence-corrected chi connectivity index (χ3v) is 3.40. The van der Waals surface area contributed by atoms with Gasteiger partial charge in [-0.25, -0.2) is 4.79 Å². The molecule has 0 unspecified atom stereocenters. The van der Waals surface area contributed by atoms with Gasteiger partial charge in [-0.1, -0.05) is 17.4 Å². The number of anilines is 1. The number of nitrogens with zero attached hydrogens (tertiary/aromatic N) is 3. The summed E-state index contributed by atoms with van der Waals surface area (Å²) in [6.45, 7) is 2.93. The molecular weight excluding hydrogens is 268 g/mol. The Kier molecular flexibility index (Phi) is 4.23. The molecule has 0 bridgehead atoms. The molecule has 0 saturated heterocycles. The van der Waals surface area contributed by atoms with Gasteiger partial charge in [0.2, 0.25) is 11.0 Å². The molecule has 2 N–H and O–H groups in total. The number of aliphatic carboxylic acids is 1. The molecule has 0 atom stereocenters. The van der Waals surface area contributed by atoms with E-state index < -0.39 is 5.97 Å². The molecule has 2 rings (SSSR count). The molecule has 8 heteroatoms. The number of hydrogen-bond acceptors (Lipinski definition) is 6. The fraction of sp³-hybridized carbons (Fsp3) is 0.455. The predicted molar refractivity (Wildman–Crippen MR) is 70.1 cm³/mol. The first-order valence-electron chi connectivity index (χ1n) is 5.79. The minimum absolute atomic E-state index is 0.156. The minimum Gasteiger partial charge on any atom is -0.478 e. The lowest BCUT2D eigenvalue weighted by atomic mass is 10.1. The van der Waals surface area contributed by atoms with E-state index in [-0.39, 0.29) is 19.0 Å². The molecule has 1 amide bonds. The van der Waals surface area contributed by atoms with E-state index in [0.717, 1.165) is 5.01 Å². The second kappa shape index (κ2) is 5.89. The fourth-order valence-electron chi connectivity index (χ4n) is 1.80. The molecule has 0 radical (unpaired) electrons. The quantitative estimate of drug-likeness (QED) is 0.835. The first-order chi connectivity index (χ1) is 9.04. The zero-order valence-electron chi connectivity index (χ0n) is 10.4. The molecule has 19 heavy (non-hydrogen) atoms. The monoisotopic (exact) mass is 282 g/mol. The summed E-state index contributed by atoms with van der Waals surface area (Å²) in [6, 6.07) is 0. The average molecular weight is 282 g/mol. The highest BCUT2D eigenvalue weighted by Crippen LogP contribution is 2.14. The fourth-order valence-corrected chi connectivity index (χ4v) is 2.41. The molecular formula is C11H14N4O3S. The van der Waals surface area contributed by atoms with Gasteiger partial charge in [0, 0.05) is 18.7 Å². The van der Waals surface area contributed by atoms with Crippen molar-refractivity contribution in [2.75, 3.05) is 25.0 Å². The predicted octanol–water partition coefficient (Wildman–Crippen LogP) is 0.502. The van der Waals surface area contributed by atoms with Crippen LogP contribution in [-0.2, 0) is 9.59 Å². The van der Waals surface area contributed by atoms with Gasteiger partial charge in [0.25, 0.3) is 0 Å². The maximum absolute atomic E-state index is 11.8. The van der Waals surface area contributed by atoms with E-state index in [0.29, 0.717) is 23.7 Å². The van der Waals surface area contributed by atoms with Crippen LogP contribution >= 0.6 is 11.3 Å². The molecule has 1 aliphatic heterocycles. The second-order valence-electron chi connectivity index (χ2n) is 4.21. The van der Waals surface area contributed by atoms with E-state index >= 15 is 0 Å². The summed E-state index contributed by atoms with van der Waals surface area (Å²) < 4.78 is 0. The zero-order chi connectivity index (χ0) is 13.8. The van der Waals surface area contributed by atoms with Crippen molar-refractivity contribution >= 4 is 28.3 Å². The summed E-state index contributed by atoms with van der Waals surface area (Å²) in [4.78, 5) is 24.5. The smallest absolute Gasteiger partial charge is 0.332 e. The Morgan fingerprint density at radius 2 is 2.32 bits per heavy atom. The second-order valence-corrected chi connectivity index (χ2v) is 5.39. The number of carbonyl (C=O) groups excluding carboxylic acids is 1. The van der Waals surface area contributed by atoms with Crippen molar-refractivity contribution in [1.82, 2.24) is 15.1 Å². The van der Waals surface area contributed by atoms with Crippen molar-refractivity contribution in [3.05, 3.63) is 16.7 Å². The Labute approximate surface area is 113 Å². The number of hydrogen-bond donors (Lipinski definition) is 2. The van der Waals surface area contributed by atoms with Gasteiger partial charge in [-0.15, -0.1) is 10.2 Å². The summed E-state index contributed by atoms with van der Waals surface area (Å²) in [5.41, 5.74) is 0.339. The van der Waals surface area contributed by atoms with Gasteiger partial charge in [0.1, 0.15) is 5.01 Å². The van der Waals surface area contributed by atoms with Crippen molar-refractivity contribution in [3.63, 3.8) is 0 Å². The Morgan fingerprint density at radius 3 is 2.95 bits per heavy atom. The highest BCUT2D eigenvalue weighted by Gasteiger charge is 2.19. The van der Waals surface area contributed by atoms with E-state index in [1.165, 1.54) is 11.3 Å². The van der Waals surface area contributed by atoms with E-state index in [9.17, 15) is 9.59 Å². The third kappa shape index (κ3) is 3.83. The SMILES string of the molecule is Cc1nnc(NC(=O)CN2CCC=C(C(=O)O)C2)s1. The van der Waals surface area contributed by atoms with Crippen molar-refractivity contribution in [2.45, 2.75) is 13.3 Å². The first-order valence-corrected chi connectivity index (χ1v) is 6.61. The van der Waals surface area contributed by atoms with E-state index in [1.54, 1.807) is 11.0 Å². The van der Waals surface area contributed by atoms with Crippen LogP contribution in [0.15, 0.2) is 11.6 Å². The van der Waals surface area contributed by atoms with Crippen molar-refractivity contribution in [2.24, 2.45) is 0 Å². The minimum atomic E-state index is -0.926. The van der Waals surface area contributed by atoms with Gasteiger partial charge in [-0.3, -0.25) is 15.0 Å². The van der Waals surface area contributed by atoms with Gasteiger partial charge in [-0.05, 0) is 13.3 Å². The van der Waals surface area contributed by atoms with Gasteiger partial charge in [0.05, 0.1) is 6.54 Å². The van der Waals surface area contributed by atoms with Crippen LogP contribution in [0, 0.1) is 6.92 Å². The maximum Gasteiger partial charge on any atom is 0.332 e. The standard InChI is InChI=1S/C11H14N4O3S/c1-7-13-14-11(19-7)12-9(16)6-15-4-2-3-8(5-15)10(17)18/h3H,2,4-6H2,1H3,(H,17,18)(H,12,14,16). The Bertz CT molecular complexity index is 526. The van der Waals surface area contributed by atoms with E-state index in [1.807, 2.05) is 6.92 Å². The molecule has 0 aromatic carbocycles. The molecule has 7 nitrogen and oxygen atoms in total. The third-order valence-electron chi connectivity index (χ3n) is 2.64. The summed E-state index contributed by atoms with van der Waals surface area (Å²) in [5, 5.41) is 20.4. The lowest BCUT2D eigenvalue weighted by Gasteiger charge is -2.24. The molecule has 1 aliphatic rings. The lowest BCUT2D eigenvalue weighted by Crippen LogP contribution is -2.38. The Balaban J connectivity index is 1.86. The molecule has 102 valence electrons. The topological polar surface area (TPSA) is 95.4 Å². The average Bonchev–Trinajstić information content (AvgIpc) is 2.74.